The fourth-order valence-corrected chi connectivity index (χ4v) is 4.75. The zero-order valence-corrected chi connectivity index (χ0v) is 18.0. The molecule has 2 N–H and O–H groups in total. The highest BCUT2D eigenvalue weighted by atomic mass is 19.1. The molecule has 0 aliphatic carbocycles. The Kier molecular flexibility index (Phi) is 5.66. The highest BCUT2D eigenvalue weighted by Crippen LogP contribution is 2.39. The monoisotopic (exact) mass is 410 g/mol. The van der Waals surface area contributed by atoms with Crippen LogP contribution in [0.5, 0.6) is 0 Å². The van der Waals surface area contributed by atoms with E-state index >= 15 is 0 Å². The molecule has 0 spiro atoms. The molecule has 7 nitrogen and oxygen atoms in total. The average Bonchev–Trinajstić information content (AvgIpc) is 2.62. The molecule has 0 radical (unpaired) electrons. The second kappa shape index (κ2) is 7.90. The summed E-state index contributed by atoms with van der Waals surface area (Å²) in [6.45, 7) is 9.68. The lowest BCUT2D eigenvalue weighted by Gasteiger charge is -2.55. The number of hydrogen-bond acceptors (Lipinski definition) is 6. The third-order valence-electron chi connectivity index (χ3n) is 5.35. The standard InChI is InChI=1S/C22H27FN6O/c1-14(30)29-21(2,3)10-17(11-22(29,4)5)26-19-18(23)13-25-20(28-19)27-16-8-6-7-15(9-16)12-24/h6-9,13,17H,10-11H2,1-5H3,(H2,25,26,27,28). The van der Waals surface area contributed by atoms with Crippen LogP contribution in [-0.4, -0.2) is 37.9 Å². The van der Waals surface area contributed by atoms with Crippen LogP contribution in [0.4, 0.5) is 21.8 Å². The van der Waals surface area contributed by atoms with Gasteiger partial charge in [0, 0.05) is 29.7 Å². The maximum atomic E-state index is 14.4. The zero-order valence-electron chi connectivity index (χ0n) is 18.0. The number of amides is 1. The fourth-order valence-electron chi connectivity index (χ4n) is 4.75. The second-order valence-corrected chi connectivity index (χ2v) is 8.94. The van der Waals surface area contributed by atoms with Crippen molar-refractivity contribution < 1.29 is 9.18 Å². The van der Waals surface area contributed by atoms with Crippen molar-refractivity contribution in [2.75, 3.05) is 10.6 Å². The van der Waals surface area contributed by atoms with E-state index < -0.39 is 5.82 Å². The van der Waals surface area contributed by atoms with Gasteiger partial charge < -0.3 is 15.5 Å². The molecule has 0 saturated carbocycles. The molecule has 1 saturated heterocycles. The fraction of sp³-hybridized carbons (Fsp3) is 0.455. The number of halogens is 1. The number of nitrogens with zero attached hydrogens (tertiary/aromatic N) is 4. The van der Waals surface area contributed by atoms with Gasteiger partial charge in [0.2, 0.25) is 11.9 Å². The van der Waals surface area contributed by atoms with Gasteiger partial charge in [-0.2, -0.15) is 10.2 Å². The Morgan fingerprint density at radius 2 is 1.93 bits per heavy atom. The van der Waals surface area contributed by atoms with Gasteiger partial charge in [-0.15, -0.1) is 0 Å². The first-order chi connectivity index (χ1) is 14.0. The van der Waals surface area contributed by atoms with Crippen LogP contribution < -0.4 is 10.6 Å². The van der Waals surface area contributed by atoms with E-state index in [9.17, 15) is 9.18 Å². The Labute approximate surface area is 176 Å². The Hall–Kier alpha value is -3.21. The number of anilines is 3. The smallest absolute Gasteiger partial charge is 0.229 e. The van der Waals surface area contributed by atoms with Crippen molar-refractivity contribution in [3.63, 3.8) is 0 Å². The van der Waals surface area contributed by atoms with Gasteiger partial charge in [0.05, 0.1) is 17.8 Å². The molecule has 158 valence electrons. The summed E-state index contributed by atoms with van der Waals surface area (Å²) in [6, 6.07) is 8.90. The molecule has 0 bridgehead atoms. The predicted octanol–water partition coefficient (Wildman–Crippen LogP) is 4.21. The molecule has 1 aromatic carbocycles. The van der Waals surface area contributed by atoms with Gasteiger partial charge in [-0.05, 0) is 58.7 Å². The number of likely N-dealkylation sites (tertiary alicyclic amines) is 1. The summed E-state index contributed by atoms with van der Waals surface area (Å²) in [6.07, 6.45) is 2.44. The summed E-state index contributed by atoms with van der Waals surface area (Å²) in [7, 11) is 0. The van der Waals surface area contributed by atoms with Crippen molar-refractivity contribution in [2.24, 2.45) is 0 Å². The topological polar surface area (TPSA) is 93.9 Å². The van der Waals surface area contributed by atoms with Gasteiger partial charge in [0.1, 0.15) is 0 Å². The molecule has 1 aliphatic rings. The van der Waals surface area contributed by atoms with Crippen LogP contribution in [0.2, 0.25) is 0 Å². The number of rotatable bonds is 4. The average molecular weight is 410 g/mol. The van der Waals surface area contributed by atoms with Crippen LogP contribution in [-0.2, 0) is 4.79 Å². The molecule has 0 atom stereocenters. The zero-order chi connectivity index (χ0) is 22.1. The minimum Gasteiger partial charge on any atom is -0.365 e. The predicted molar refractivity (Wildman–Crippen MR) is 114 cm³/mol. The number of benzene rings is 1. The first kappa shape index (κ1) is 21.5. The number of nitriles is 1. The normalized spacial score (nSPS) is 17.8. The van der Waals surface area contributed by atoms with Crippen molar-refractivity contribution in [1.82, 2.24) is 14.9 Å². The summed E-state index contributed by atoms with van der Waals surface area (Å²) in [5.41, 5.74) is 0.381. The number of aromatic nitrogens is 2. The van der Waals surface area contributed by atoms with Gasteiger partial charge in [0.15, 0.2) is 11.6 Å². The summed E-state index contributed by atoms with van der Waals surface area (Å²) in [5, 5.41) is 15.3. The highest BCUT2D eigenvalue weighted by molar-refractivity contribution is 5.75. The van der Waals surface area contributed by atoms with Crippen molar-refractivity contribution in [3.8, 4) is 6.07 Å². The van der Waals surface area contributed by atoms with Crippen LogP contribution in [0.15, 0.2) is 30.5 Å². The summed E-state index contributed by atoms with van der Waals surface area (Å²) in [4.78, 5) is 22.4. The van der Waals surface area contributed by atoms with E-state index in [4.69, 9.17) is 5.26 Å². The van der Waals surface area contributed by atoms with Crippen LogP contribution in [0.25, 0.3) is 0 Å². The van der Waals surface area contributed by atoms with E-state index in [0.29, 0.717) is 24.1 Å². The molecule has 0 unspecified atom stereocenters. The Bertz CT molecular complexity index is 979. The molecule has 30 heavy (non-hydrogen) atoms. The lowest BCUT2D eigenvalue weighted by atomic mass is 9.77. The molecule has 1 aliphatic heterocycles. The largest absolute Gasteiger partial charge is 0.365 e. The minimum atomic E-state index is -0.545. The van der Waals surface area contributed by atoms with E-state index in [1.54, 1.807) is 31.2 Å². The summed E-state index contributed by atoms with van der Waals surface area (Å²) >= 11 is 0. The molecule has 1 aromatic heterocycles. The Balaban J connectivity index is 1.81. The molecular weight excluding hydrogens is 383 g/mol. The summed E-state index contributed by atoms with van der Waals surface area (Å²) < 4.78 is 14.4. The number of hydrogen-bond donors (Lipinski definition) is 2. The van der Waals surface area contributed by atoms with E-state index in [1.807, 2.05) is 32.6 Å². The van der Waals surface area contributed by atoms with Crippen LogP contribution in [0, 0.1) is 17.1 Å². The maximum absolute atomic E-state index is 14.4. The van der Waals surface area contributed by atoms with Gasteiger partial charge in [-0.1, -0.05) is 6.07 Å². The first-order valence-electron chi connectivity index (χ1n) is 9.89. The van der Waals surface area contributed by atoms with Crippen molar-refractivity contribution in [2.45, 2.75) is 64.6 Å². The highest BCUT2D eigenvalue weighted by Gasteiger charge is 2.46. The quantitative estimate of drug-likeness (QED) is 0.784. The van der Waals surface area contributed by atoms with E-state index in [1.165, 1.54) is 0 Å². The maximum Gasteiger partial charge on any atom is 0.229 e. The first-order valence-corrected chi connectivity index (χ1v) is 9.89. The Morgan fingerprint density at radius 3 is 2.53 bits per heavy atom. The lowest BCUT2D eigenvalue weighted by Crippen LogP contribution is -2.64. The third-order valence-corrected chi connectivity index (χ3v) is 5.35. The van der Waals surface area contributed by atoms with Gasteiger partial charge in [-0.3, -0.25) is 4.79 Å². The van der Waals surface area contributed by atoms with Crippen LogP contribution in [0.1, 0.15) is 53.0 Å². The van der Waals surface area contributed by atoms with E-state index in [0.717, 1.165) is 6.20 Å². The van der Waals surface area contributed by atoms with Gasteiger partial charge >= 0.3 is 0 Å². The number of piperidine rings is 1. The van der Waals surface area contributed by atoms with Crippen molar-refractivity contribution >= 4 is 23.4 Å². The van der Waals surface area contributed by atoms with Gasteiger partial charge in [0.25, 0.3) is 0 Å². The number of carbonyl (C=O) groups is 1. The Morgan fingerprint density at radius 1 is 1.27 bits per heavy atom. The SMILES string of the molecule is CC(=O)N1C(C)(C)CC(Nc2nc(Nc3cccc(C#N)c3)ncc2F)CC1(C)C. The summed E-state index contributed by atoms with van der Waals surface area (Å²) in [5.74, 6) is -0.177. The number of carbonyl (C=O) groups excluding carboxylic acids is 1. The van der Waals surface area contributed by atoms with E-state index in [-0.39, 0.29) is 34.8 Å². The third kappa shape index (κ3) is 4.51. The van der Waals surface area contributed by atoms with E-state index in [2.05, 4.69) is 26.7 Å². The molecule has 2 aromatic rings. The lowest BCUT2D eigenvalue weighted by molar-refractivity contribution is -0.146. The van der Waals surface area contributed by atoms with Gasteiger partial charge in [-0.25, -0.2) is 9.37 Å². The molecule has 3 rings (SSSR count). The molecular formula is C22H27FN6O. The number of nitrogens with one attached hydrogen (secondary N) is 2. The van der Waals surface area contributed by atoms with Crippen molar-refractivity contribution in [1.29, 1.82) is 5.26 Å². The molecule has 2 heterocycles. The second-order valence-electron chi connectivity index (χ2n) is 8.94. The molecule has 8 heteroatoms. The van der Waals surface area contributed by atoms with Crippen LogP contribution >= 0.6 is 0 Å². The molecule has 1 fully saturated rings. The van der Waals surface area contributed by atoms with Crippen molar-refractivity contribution in [3.05, 3.63) is 41.8 Å². The minimum absolute atomic E-state index is 0.0303. The molecule has 1 amide bonds. The van der Waals surface area contributed by atoms with Crippen LogP contribution in [0.3, 0.4) is 0 Å².